The Hall–Kier alpha value is -0.170. The molecule has 0 saturated carbocycles. The van der Waals surface area contributed by atoms with Crippen molar-refractivity contribution in [2.24, 2.45) is 5.92 Å². The number of nitrogens with one attached hydrogen (secondary N) is 2. The van der Waals surface area contributed by atoms with Gasteiger partial charge in [0, 0.05) is 31.2 Å². The van der Waals surface area contributed by atoms with Gasteiger partial charge in [-0.05, 0) is 45.4 Å². The van der Waals surface area contributed by atoms with Crippen LogP contribution in [-0.2, 0) is 10.2 Å². The minimum atomic E-state index is -3.32. The Balaban J connectivity index is 1.96. The summed E-state index contributed by atoms with van der Waals surface area (Å²) in [6, 6.07) is 0.685. The molecule has 4 unspecified atom stereocenters. The summed E-state index contributed by atoms with van der Waals surface area (Å²) in [4.78, 5) is 0. The average molecular weight is 289 g/mol. The third-order valence-corrected chi connectivity index (χ3v) is 5.93. The third kappa shape index (κ3) is 3.90. The zero-order valence-electron chi connectivity index (χ0n) is 12.2. The topological polar surface area (TPSA) is 61.4 Å². The van der Waals surface area contributed by atoms with Crippen molar-refractivity contribution in [3.8, 4) is 0 Å². The maximum Gasteiger partial charge on any atom is 0.279 e. The van der Waals surface area contributed by atoms with Gasteiger partial charge in [-0.1, -0.05) is 6.92 Å². The van der Waals surface area contributed by atoms with Crippen molar-refractivity contribution in [1.82, 2.24) is 14.3 Å². The fraction of sp³-hybridized carbons (Fsp3) is 1.00. The van der Waals surface area contributed by atoms with Gasteiger partial charge in [0.05, 0.1) is 0 Å². The van der Waals surface area contributed by atoms with Crippen LogP contribution in [0, 0.1) is 5.92 Å². The molecule has 2 saturated heterocycles. The molecule has 2 aliphatic rings. The van der Waals surface area contributed by atoms with E-state index in [1.165, 1.54) is 0 Å². The van der Waals surface area contributed by atoms with Crippen LogP contribution in [0.15, 0.2) is 0 Å². The normalized spacial score (nSPS) is 38.3. The fourth-order valence-electron chi connectivity index (χ4n) is 3.12. The zero-order chi connectivity index (χ0) is 14.0. The molecule has 0 bridgehead atoms. The Morgan fingerprint density at radius 3 is 2.53 bits per heavy atom. The molecule has 0 amide bonds. The number of rotatable bonds is 3. The van der Waals surface area contributed by atoms with Gasteiger partial charge in [0.15, 0.2) is 0 Å². The maximum absolute atomic E-state index is 12.4. The van der Waals surface area contributed by atoms with Crippen LogP contribution in [0.4, 0.5) is 0 Å². The lowest BCUT2D eigenvalue weighted by atomic mass is 9.96. The van der Waals surface area contributed by atoms with E-state index in [1.807, 2.05) is 0 Å². The fourth-order valence-corrected chi connectivity index (χ4v) is 4.79. The van der Waals surface area contributed by atoms with Crippen molar-refractivity contribution in [2.75, 3.05) is 13.1 Å². The van der Waals surface area contributed by atoms with E-state index >= 15 is 0 Å². The highest BCUT2D eigenvalue weighted by Gasteiger charge is 2.32. The lowest BCUT2D eigenvalue weighted by Crippen LogP contribution is -2.57. The van der Waals surface area contributed by atoms with E-state index < -0.39 is 10.2 Å². The van der Waals surface area contributed by atoms with Crippen LogP contribution in [0.1, 0.15) is 46.5 Å². The number of nitrogens with zero attached hydrogens (tertiary/aromatic N) is 1. The largest absolute Gasteiger partial charge is 0.310 e. The summed E-state index contributed by atoms with van der Waals surface area (Å²) in [5.41, 5.74) is 0. The molecule has 0 radical (unpaired) electrons. The van der Waals surface area contributed by atoms with Crippen molar-refractivity contribution in [3.63, 3.8) is 0 Å². The van der Waals surface area contributed by atoms with Gasteiger partial charge in [0.2, 0.25) is 0 Å². The van der Waals surface area contributed by atoms with Gasteiger partial charge in [-0.15, -0.1) is 0 Å². The van der Waals surface area contributed by atoms with Crippen LogP contribution < -0.4 is 10.0 Å². The molecule has 0 aromatic heterocycles. The lowest BCUT2D eigenvalue weighted by Gasteiger charge is -2.37. The Morgan fingerprint density at radius 2 is 1.89 bits per heavy atom. The van der Waals surface area contributed by atoms with Gasteiger partial charge in [-0.3, -0.25) is 0 Å². The lowest BCUT2D eigenvalue weighted by molar-refractivity contribution is 0.262. The molecular weight excluding hydrogens is 262 g/mol. The molecule has 4 atom stereocenters. The summed E-state index contributed by atoms with van der Waals surface area (Å²) in [6.45, 7) is 7.63. The molecule has 112 valence electrons. The summed E-state index contributed by atoms with van der Waals surface area (Å²) in [7, 11) is -3.32. The molecule has 0 aromatic carbocycles. The first-order valence-electron chi connectivity index (χ1n) is 7.42. The third-order valence-electron chi connectivity index (χ3n) is 4.32. The second-order valence-corrected chi connectivity index (χ2v) is 7.97. The van der Waals surface area contributed by atoms with Gasteiger partial charge in [0.25, 0.3) is 10.2 Å². The predicted octanol–water partition coefficient (Wildman–Crippen LogP) is 1.08. The number of hydrogen-bond acceptors (Lipinski definition) is 3. The second-order valence-electron chi connectivity index (χ2n) is 6.27. The molecule has 2 N–H and O–H groups in total. The van der Waals surface area contributed by atoms with Crippen molar-refractivity contribution in [1.29, 1.82) is 0 Å². The van der Waals surface area contributed by atoms with E-state index in [-0.39, 0.29) is 12.1 Å². The monoisotopic (exact) mass is 289 g/mol. The van der Waals surface area contributed by atoms with Gasteiger partial charge in [-0.2, -0.15) is 17.4 Å². The molecule has 5 nitrogen and oxygen atoms in total. The van der Waals surface area contributed by atoms with Crippen LogP contribution in [0.25, 0.3) is 0 Å². The molecule has 0 spiro atoms. The molecule has 6 heteroatoms. The van der Waals surface area contributed by atoms with Crippen LogP contribution in [0.2, 0.25) is 0 Å². The Morgan fingerprint density at radius 1 is 1.16 bits per heavy atom. The van der Waals surface area contributed by atoms with Gasteiger partial charge >= 0.3 is 0 Å². The average Bonchev–Trinajstić information content (AvgIpc) is 2.33. The SMILES string of the molecule is CC1CCCN(S(=O)(=O)NC2CCC(C)NC2C)C1. The Kier molecular flexibility index (Phi) is 4.87. The van der Waals surface area contributed by atoms with Crippen LogP contribution in [-0.4, -0.2) is 43.9 Å². The molecule has 2 fully saturated rings. The highest BCUT2D eigenvalue weighted by molar-refractivity contribution is 7.87. The summed E-state index contributed by atoms with van der Waals surface area (Å²) in [5.74, 6) is 0.465. The molecule has 2 rings (SSSR count). The Bertz CT molecular complexity index is 399. The summed E-state index contributed by atoms with van der Waals surface area (Å²) >= 11 is 0. The highest BCUT2D eigenvalue weighted by Crippen LogP contribution is 2.20. The van der Waals surface area contributed by atoms with Crippen molar-refractivity contribution in [3.05, 3.63) is 0 Å². The van der Waals surface area contributed by atoms with Gasteiger partial charge in [-0.25, -0.2) is 0 Å². The molecule has 2 aliphatic heterocycles. The quantitative estimate of drug-likeness (QED) is 0.817. The first-order valence-corrected chi connectivity index (χ1v) is 8.86. The predicted molar refractivity (Wildman–Crippen MR) is 77.1 cm³/mol. The zero-order valence-corrected chi connectivity index (χ0v) is 13.0. The van der Waals surface area contributed by atoms with Gasteiger partial charge in [0.1, 0.15) is 0 Å². The smallest absolute Gasteiger partial charge is 0.279 e. The van der Waals surface area contributed by atoms with E-state index in [0.29, 0.717) is 25.0 Å². The van der Waals surface area contributed by atoms with Crippen LogP contribution in [0.5, 0.6) is 0 Å². The van der Waals surface area contributed by atoms with E-state index in [1.54, 1.807) is 4.31 Å². The van der Waals surface area contributed by atoms with Crippen molar-refractivity contribution >= 4 is 10.2 Å². The van der Waals surface area contributed by atoms with E-state index in [0.717, 1.165) is 25.7 Å². The van der Waals surface area contributed by atoms with Crippen molar-refractivity contribution < 1.29 is 8.42 Å². The molecular formula is C13H27N3O2S. The maximum atomic E-state index is 12.4. The van der Waals surface area contributed by atoms with E-state index in [2.05, 4.69) is 30.8 Å². The molecule has 0 aromatic rings. The summed E-state index contributed by atoms with van der Waals surface area (Å²) < 4.78 is 29.3. The summed E-state index contributed by atoms with van der Waals surface area (Å²) in [5, 5.41) is 3.42. The standard InChI is InChI=1S/C13H27N3O2S/c1-10-5-4-8-16(9-10)19(17,18)15-13-7-6-11(2)14-12(13)3/h10-15H,4-9H2,1-3H3. The van der Waals surface area contributed by atoms with Crippen molar-refractivity contribution in [2.45, 2.75) is 64.6 Å². The first kappa shape index (κ1) is 15.2. The summed E-state index contributed by atoms with van der Waals surface area (Å²) in [6.07, 6.45) is 4.04. The minimum absolute atomic E-state index is 0.0124. The number of hydrogen-bond donors (Lipinski definition) is 2. The van der Waals surface area contributed by atoms with E-state index in [9.17, 15) is 8.42 Å². The molecule has 2 heterocycles. The highest BCUT2D eigenvalue weighted by atomic mass is 32.2. The number of piperidine rings is 2. The van der Waals surface area contributed by atoms with E-state index in [4.69, 9.17) is 0 Å². The molecule has 19 heavy (non-hydrogen) atoms. The molecule has 0 aliphatic carbocycles. The van der Waals surface area contributed by atoms with Crippen LogP contribution in [0.3, 0.4) is 0 Å². The Labute approximate surface area is 117 Å². The first-order chi connectivity index (χ1) is 8.88. The minimum Gasteiger partial charge on any atom is -0.310 e. The van der Waals surface area contributed by atoms with Gasteiger partial charge < -0.3 is 5.32 Å². The second kappa shape index (κ2) is 6.08. The van der Waals surface area contributed by atoms with Crippen LogP contribution >= 0.6 is 0 Å².